The third kappa shape index (κ3) is 9.62. The Hall–Kier alpha value is -2.09. The van der Waals surface area contributed by atoms with E-state index < -0.39 is 5.92 Å². The number of ketones is 2. The van der Waals surface area contributed by atoms with E-state index in [9.17, 15) is 14.4 Å². The summed E-state index contributed by atoms with van der Waals surface area (Å²) in [6.45, 7) is 16.4. The number of halogens is 1. The minimum Gasteiger partial charge on any atom is -0.353 e. The zero-order valence-corrected chi connectivity index (χ0v) is 24.5. The molecule has 0 saturated heterocycles. The standard InChI is InChI=1S/C29H42ClN3O3S/c1-7-19(5)24(13-14-26(35)20(6)18-33(9-3)10-4)32-29(36)21(15-23(34)8-2)16-28-31-25-12-11-22(30)17-27(25)37-28/h11-12,17,19,21,24H,6-10,13-16,18H2,1-5H3,(H,32,36)/t19-,21-,24+/m0/s1. The molecule has 2 aromatic rings. The van der Waals surface area contributed by atoms with Gasteiger partial charge in [-0.1, -0.05) is 59.2 Å². The third-order valence-corrected chi connectivity index (χ3v) is 8.37. The quantitative estimate of drug-likeness (QED) is 0.237. The van der Waals surface area contributed by atoms with Crippen molar-refractivity contribution < 1.29 is 14.4 Å². The fourth-order valence-corrected chi connectivity index (χ4v) is 5.60. The van der Waals surface area contributed by atoms with Crippen LogP contribution in [-0.2, 0) is 20.8 Å². The summed E-state index contributed by atoms with van der Waals surface area (Å²) in [7, 11) is 0. The number of fused-ring (bicyclic) bond motifs is 1. The van der Waals surface area contributed by atoms with Crippen LogP contribution in [0, 0.1) is 11.8 Å². The molecule has 1 N–H and O–H groups in total. The summed E-state index contributed by atoms with van der Waals surface area (Å²) in [6, 6.07) is 5.38. The zero-order valence-electron chi connectivity index (χ0n) is 22.9. The molecule has 0 fully saturated rings. The molecule has 0 aliphatic carbocycles. The van der Waals surface area contributed by atoms with Crippen LogP contribution in [0.3, 0.4) is 0 Å². The fraction of sp³-hybridized carbons (Fsp3) is 0.586. The number of carbonyl (C=O) groups is 3. The van der Waals surface area contributed by atoms with Gasteiger partial charge in [0.2, 0.25) is 5.91 Å². The minimum atomic E-state index is -0.511. The zero-order chi connectivity index (χ0) is 27.5. The predicted octanol–water partition coefficient (Wildman–Crippen LogP) is 6.26. The van der Waals surface area contributed by atoms with Crippen molar-refractivity contribution in [1.29, 1.82) is 0 Å². The summed E-state index contributed by atoms with van der Waals surface area (Å²) in [4.78, 5) is 45.5. The van der Waals surface area contributed by atoms with E-state index in [1.165, 1.54) is 11.3 Å². The molecule has 0 radical (unpaired) electrons. The Balaban J connectivity index is 2.12. The monoisotopic (exact) mass is 547 g/mol. The highest BCUT2D eigenvalue weighted by atomic mass is 35.5. The van der Waals surface area contributed by atoms with Crippen LogP contribution in [0.2, 0.25) is 5.02 Å². The van der Waals surface area contributed by atoms with E-state index in [0.717, 1.165) is 34.7 Å². The molecule has 1 aromatic heterocycles. The number of aromatic nitrogens is 1. The van der Waals surface area contributed by atoms with E-state index in [-0.39, 0.29) is 35.9 Å². The molecular formula is C29H42ClN3O3S. The second kappa shape index (κ2) is 15.4. The van der Waals surface area contributed by atoms with Gasteiger partial charge in [0.1, 0.15) is 5.78 Å². The van der Waals surface area contributed by atoms with Gasteiger partial charge in [0.05, 0.1) is 21.1 Å². The van der Waals surface area contributed by atoms with Crippen molar-refractivity contribution in [3.05, 3.63) is 40.4 Å². The lowest BCUT2D eigenvalue weighted by Crippen LogP contribution is -2.43. The van der Waals surface area contributed by atoms with Crippen LogP contribution >= 0.6 is 22.9 Å². The van der Waals surface area contributed by atoms with Gasteiger partial charge in [-0.3, -0.25) is 19.3 Å². The van der Waals surface area contributed by atoms with Crippen molar-refractivity contribution in [2.45, 2.75) is 79.2 Å². The number of benzene rings is 1. The number of thiazole rings is 1. The van der Waals surface area contributed by atoms with Crippen LogP contribution in [-0.4, -0.2) is 53.0 Å². The van der Waals surface area contributed by atoms with Gasteiger partial charge in [-0.05, 0) is 43.6 Å². The van der Waals surface area contributed by atoms with Gasteiger partial charge in [0, 0.05) is 48.9 Å². The summed E-state index contributed by atoms with van der Waals surface area (Å²) in [5.41, 5.74) is 1.45. The van der Waals surface area contributed by atoms with Gasteiger partial charge < -0.3 is 5.32 Å². The first-order valence-corrected chi connectivity index (χ1v) is 14.6. The molecule has 37 heavy (non-hydrogen) atoms. The molecule has 0 saturated carbocycles. The third-order valence-electron chi connectivity index (χ3n) is 7.10. The molecule has 204 valence electrons. The number of likely N-dealkylation sites (N-methyl/N-ethyl adjacent to an activating group) is 1. The maximum absolute atomic E-state index is 13.5. The highest BCUT2D eigenvalue weighted by molar-refractivity contribution is 7.18. The summed E-state index contributed by atoms with van der Waals surface area (Å²) >= 11 is 7.62. The van der Waals surface area contributed by atoms with Crippen molar-refractivity contribution >= 4 is 50.6 Å². The Morgan fingerprint density at radius 1 is 1.16 bits per heavy atom. The Bertz CT molecular complexity index is 1080. The van der Waals surface area contributed by atoms with E-state index in [2.05, 4.69) is 49.5 Å². The van der Waals surface area contributed by atoms with Crippen molar-refractivity contribution in [2.24, 2.45) is 11.8 Å². The molecule has 0 aliphatic heterocycles. The van der Waals surface area contributed by atoms with Crippen LogP contribution < -0.4 is 5.32 Å². The lowest BCUT2D eigenvalue weighted by Gasteiger charge is -2.27. The van der Waals surface area contributed by atoms with Gasteiger partial charge in [-0.25, -0.2) is 4.98 Å². The van der Waals surface area contributed by atoms with Gasteiger partial charge in [0.25, 0.3) is 0 Å². The number of amides is 1. The molecule has 0 unspecified atom stereocenters. The molecule has 3 atom stereocenters. The number of hydrogen-bond donors (Lipinski definition) is 1. The Labute approximate surface area is 230 Å². The number of carbonyl (C=O) groups excluding carboxylic acids is 3. The average molecular weight is 548 g/mol. The largest absolute Gasteiger partial charge is 0.353 e. The first-order chi connectivity index (χ1) is 17.6. The van der Waals surface area contributed by atoms with E-state index in [1.54, 1.807) is 6.07 Å². The smallest absolute Gasteiger partial charge is 0.224 e. The number of Topliss-reactive ketones (excluding diaryl/α,β-unsaturated/α-hetero) is 2. The van der Waals surface area contributed by atoms with Crippen molar-refractivity contribution in [3.8, 4) is 0 Å². The summed E-state index contributed by atoms with van der Waals surface area (Å²) in [5, 5.41) is 4.64. The molecular weight excluding hydrogens is 506 g/mol. The number of hydrogen-bond acceptors (Lipinski definition) is 6. The summed E-state index contributed by atoms with van der Waals surface area (Å²) in [5.74, 6) is -0.380. The average Bonchev–Trinajstić information content (AvgIpc) is 3.29. The molecule has 0 aliphatic rings. The van der Waals surface area contributed by atoms with Gasteiger partial charge in [-0.2, -0.15) is 0 Å². The Morgan fingerprint density at radius 2 is 1.86 bits per heavy atom. The van der Waals surface area contributed by atoms with E-state index >= 15 is 0 Å². The van der Waals surface area contributed by atoms with Crippen LogP contribution in [0.25, 0.3) is 10.2 Å². The molecule has 0 bridgehead atoms. The molecule has 1 amide bonds. The molecule has 1 aromatic carbocycles. The van der Waals surface area contributed by atoms with Crippen LogP contribution in [0.15, 0.2) is 30.4 Å². The normalized spacial score (nSPS) is 13.9. The summed E-state index contributed by atoms with van der Waals surface area (Å²) < 4.78 is 0.962. The highest BCUT2D eigenvalue weighted by Crippen LogP contribution is 2.28. The Kier molecular flexibility index (Phi) is 12.9. The number of nitrogens with one attached hydrogen (secondary N) is 1. The SMILES string of the molecule is C=C(CN(CC)CC)C(=O)CC[C@@H](NC(=O)[C@@H](CC(=O)CC)Cc1nc2ccc(Cl)cc2s1)[C@@H](C)CC. The molecule has 1 heterocycles. The van der Waals surface area contributed by atoms with Gasteiger partial charge in [-0.15, -0.1) is 11.3 Å². The summed E-state index contributed by atoms with van der Waals surface area (Å²) in [6.07, 6.45) is 2.71. The van der Waals surface area contributed by atoms with Crippen LogP contribution in [0.5, 0.6) is 0 Å². The molecule has 0 spiro atoms. The van der Waals surface area contributed by atoms with Crippen LogP contribution in [0.1, 0.15) is 71.7 Å². The predicted molar refractivity (Wildman–Crippen MR) is 154 cm³/mol. The lowest BCUT2D eigenvalue weighted by atomic mass is 9.91. The second-order valence-electron chi connectivity index (χ2n) is 9.74. The van der Waals surface area contributed by atoms with E-state index in [4.69, 9.17) is 11.6 Å². The number of rotatable bonds is 17. The maximum atomic E-state index is 13.5. The molecule has 6 nitrogen and oxygen atoms in total. The fourth-order valence-electron chi connectivity index (χ4n) is 4.27. The lowest BCUT2D eigenvalue weighted by molar-refractivity contribution is -0.130. The van der Waals surface area contributed by atoms with Gasteiger partial charge >= 0.3 is 0 Å². The Morgan fingerprint density at radius 3 is 2.49 bits per heavy atom. The van der Waals surface area contributed by atoms with Crippen molar-refractivity contribution in [2.75, 3.05) is 19.6 Å². The topological polar surface area (TPSA) is 79.4 Å². The number of nitrogens with zero attached hydrogens (tertiary/aromatic N) is 2. The molecule has 8 heteroatoms. The van der Waals surface area contributed by atoms with Crippen molar-refractivity contribution in [3.63, 3.8) is 0 Å². The van der Waals surface area contributed by atoms with E-state index in [0.29, 0.717) is 42.8 Å². The first-order valence-electron chi connectivity index (χ1n) is 13.4. The maximum Gasteiger partial charge on any atom is 0.224 e. The van der Waals surface area contributed by atoms with Crippen LogP contribution in [0.4, 0.5) is 0 Å². The first kappa shape index (κ1) is 31.1. The molecule has 2 rings (SSSR count). The second-order valence-corrected chi connectivity index (χ2v) is 11.3. The van der Waals surface area contributed by atoms with E-state index in [1.807, 2.05) is 19.1 Å². The van der Waals surface area contributed by atoms with Crippen molar-refractivity contribution in [1.82, 2.24) is 15.2 Å². The highest BCUT2D eigenvalue weighted by Gasteiger charge is 2.27. The van der Waals surface area contributed by atoms with Gasteiger partial charge in [0.15, 0.2) is 5.78 Å². The minimum absolute atomic E-state index is 0.0419.